The third-order valence-corrected chi connectivity index (χ3v) is 6.90. The summed E-state index contributed by atoms with van der Waals surface area (Å²) < 4.78 is 2.30. The minimum absolute atomic E-state index is 0.673. The van der Waals surface area contributed by atoms with Crippen LogP contribution < -0.4 is 10.6 Å². The fraction of sp³-hybridized carbons (Fsp3) is 0.500. The van der Waals surface area contributed by atoms with Crippen molar-refractivity contribution in [2.24, 2.45) is 10.9 Å². The second-order valence-corrected chi connectivity index (χ2v) is 9.39. The van der Waals surface area contributed by atoms with Crippen LogP contribution in [0, 0.1) is 12.8 Å². The van der Waals surface area contributed by atoms with E-state index in [-0.39, 0.29) is 0 Å². The van der Waals surface area contributed by atoms with Gasteiger partial charge in [-0.05, 0) is 62.2 Å². The first-order chi connectivity index (χ1) is 15.2. The molecule has 31 heavy (non-hydrogen) atoms. The number of thiophene rings is 1. The quantitative estimate of drug-likeness (QED) is 0.318. The molecule has 1 aromatic carbocycles. The number of nitrogens with zero attached hydrogens (tertiary/aromatic N) is 4. The smallest absolute Gasteiger partial charge is 0.190 e. The van der Waals surface area contributed by atoms with Gasteiger partial charge in [-0.1, -0.05) is 18.2 Å². The molecule has 1 aliphatic rings. The number of piperidine rings is 1. The zero-order chi connectivity index (χ0) is 21.5. The van der Waals surface area contributed by atoms with E-state index in [4.69, 9.17) is 0 Å². The largest absolute Gasteiger partial charge is 0.356 e. The summed E-state index contributed by atoms with van der Waals surface area (Å²) in [6.07, 6.45) is 3.60. The summed E-state index contributed by atoms with van der Waals surface area (Å²) in [6.45, 7) is 8.37. The topological polar surface area (TPSA) is 57.5 Å². The van der Waals surface area contributed by atoms with E-state index in [0.717, 1.165) is 56.4 Å². The van der Waals surface area contributed by atoms with Crippen LogP contribution in [0.5, 0.6) is 0 Å². The normalized spacial score (nSPS) is 17.9. The number of para-hydroxylation sites is 2. The monoisotopic (exact) mass is 438 g/mol. The Bertz CT molecular complexity index is 977. The van der Waals surface area contributed by atoms with Gasteiger partial charge in [0.1, 0.15) is 5.82 Å². The Morgan fingerprint density at radius 1 is 1.23 bits per heavy atom. The number of guanidine groups is 1. The van der Waals surface area contributed by atoms with Gasteiger partial charge in [-0.2, -0.15) is 0 Å². The minimum atomic E-state index is 0.673. The predicted molar refractivity (Wildman–Crippen MR) is 131 cm³/mol. The van der Waals surface area contributed by atoms with E-state index in [2.05, 4.69) is 72.7 Å². The lowest BCUT2D eigenvalue weighted by molar-refractivity contribution is 0.169. The van der Waals surface area contributed by atoms with Crippen LogP contribution in [-0.4, -0.2) is 53.6 Å². The summed E-state index contributed by atoms with van der Waals surface area (Å²) in [6, 6.07) is 12.7. The number of nitrogens with one attached hydrogen (secondary N) is 2. The number of fused-ring (bicyclic) bond motifs is 1. The van der Waals surface area contributed by atoms with E-state index >= 15 is 0 Å². The number of hydrogen-bond donors (Lipinski definition) is 2. The first kappa shape index (κ1) is 21.8. The molecule has 1 saturated heterocycles. The lowest BCUT2D eigenvalue weighted by Crippen LogP contribution is -2.44. The fourth-order valence-electron chi connectivity index (χ4n) is 4.47. The molecule has 0 spiro atoms. The number of hydrogen-bond acceptors (Lipinski definition) is 4. The summed E-state index contributed by atoms with van der Waals surface area (Å²) in [7, 11) is 1.85. The molecule has 2 N–H and O–H groups in total. The Morgan fingerprint density at radius 3 is 2.97 bits per heavy atom. The average molecular weight is 439 g/mol. The van der Waals surface area contributed by atoms with Crippen LogP contribution in [0.4, 0.5) is 0 Å². The van der Waals surface area contributed by atoms with Gasteiger partial charge in [0.05, 0.1) is 11.0 Å². The number of likely N-dealkylation sites (tertiary alicyclic amines) is 1. The fourth-order valence-corrected chi connectivity index (χ4v) is 5.21. The van der Waals surface area contributed by atoms with Gasteiger partial charge >= 0.3 is 0 Å². The Labute approximate surface area is 189 Å². The molecular weight excluding hydrogens is 404 g/mol. The Kier molecular flexibility index (Phi) is 7.59. The van der Waals surface area contributed by atoms with E-state index in [1.165, 1.54) is 29.8 Å². The van der Waals surface area contributed by atoms with E-state index in [1.54, 1.807) is 0 Å². The van der Waals surface area contributed by atoms with E-state index < -0.39 is 0 Å². The predicted octanol–water partition coefficient (Wildman–Crippen LogP) is 3.87. The molecule has 1 atom stereocenters. The molecule has 0 amide bonds. The highest BCUT2D eigenvalue weighted by Gasteiger charge is 2.20. The highest BCUT2D eigenvalue weighted by Crippen LogP contribution is 2.20. The number of aryl methyl sites for hydroxylation is 2. The maximum atomic E-state index is 4.66. The van der Waals surface area contributed by atoms with Gasteiger partial charge in [0.2, 0.25) is 0 Å². The van der Waals surface area contributed by atoms with E-state index in [9.17, 15) is 0 Å². The van der Waals surface area contributed by atoms with Crippen molar-refractivity contribution in [1.29, 1.82) is 0 Å². The van der Waals surface area contributed by atoms with Crippen molar-refractivity contribution in [3.05, 3.63) is 52.5 Å². The number of aliphatic imine (C=N–C) groups is 1. The van der Waals surface area contributed by atoms with Crippen molar-refractivity contribution in [1.82, 2.24) is 25.1 Å². The van der Waals surface area contributed by atoms with Crippen molar-refractivity contribution in [3.63, 3.8) is 0 Å². The van der Waals surface area contributed by atoms with Crippen molar-refractivity contribution < 1.29 is 0 Å². The second-order valence-electron chi connectivity index (χ2n) is 8.36. The average Bonchev–Trinajstić information content (AvgIpc) is 3.40. The van der Waals surface area contributed by atoms with E-state index in [1.807, 2.05) is 24.5 Å². The van der Waals surface area contributed by atoms with Crippen molar-refractivity contribution in [2.45, 2.75) is 39.3 Å². The number of rotatable bonds is 8. The molecule has 1 unspecified atom stereocenters. The molecule has 1 fully saturated rings. The maximum Gasteiger partial charge on any atom is 0.190 e. The van der Waals surface area contributed by atoms with Crippen LogP contribution >= 0.6 is 11.3 Å². The summed E-state index contributed by atoms with van der Waals surface area (Å²) in [5, 5.41) is 9.20. The summed E-state index contributed by atoms with van der Waals surface area (Å²) in [5.74, 6) is 2.66. The highest BCUT2D eigenvalue weighted by atomic mass is 32.1. The summed E-state index contributed by atoms with van der Waals surface area (Å²) in [4.78, 5) is 13.1. The van der Waals surface area contributed by atoms with Gasteiger partial charge in [-0.3, -0.25) is 9.89 Å². The maximum absolute atomic E-state index is 4.66. The molecular formula is C24H34N6S. The number of imidazole rings is 1. The molecule has 0 radical (unpaired) electrons. The number of aromatic nitrogens is 2. The molecule has 3 heterocycles. The SMILES string of the molecule is CN=C(NCCCn1c(C)nc2ccccc21)NCC1CCCN(Cc2cccs2)C1. The Balaban J connectivity index is 1.19. The molecule has 2 aromatic heterocycles. The molecule has 166 valence electrons. The Morgan fingerprint density at radius 2 is 2.13 bits per heavy atom. The lowest BCUT2D eigenvalue weighted by Gasteiger charge is -2.32. The van der Waals surface area contributed by atoms with Crippen LogP contribution in [0.3, 0.4) is 0 Å². The Hall–Kier alpha value is -2.38. The molecule has 0 saturated carbocycles. The van der Waals surface area contributed by atoms with Gasteiger partial charge in [0.25, 0.3) is 0 Å². The third kappa shape index (κ3) is 5.86. The molecule has 7 heteroatoms. The van der Waals surface area contributed by atoms with Crippen molar-refractivity contribution >= 4 is 28.3 Å². The summed E-state index contributed by atoms with van der Waals surface area (Å²) in [5.41, 5.74) is 2.29. The summed E-state index contributed by atoms with van der Waals surface area (Å²) >= 11 is 1.86. The molecule has 3 aromatic rings. The van der Waals surface area contributed by atoms with Gasteiger partial charge in [-0.15, -0.1) is 11.3 Å². The van der Waals surface area contributed by atoms with Crippen LogP contribution in [-0.2, 0) is 13.1 Å². The van der Waals surface area contributed by atoms with Crippen LogP contribution in [0.15, 0.2) is 46.8 Å². The standard InChI is InChI=1S/C24H34N6S/c1-19-28-22-10-3-4-11-23(22)30(19)14-7-12-26-24(25-2)27-16-20-8-5-13-29(17-20)18-21-9-6-15-31-21/h3-4,6,9-11,15,20H,5,7-8,12-14,16-18H2,1-2H3,(H2,25,26,27). The van der Waals surface area contributed by atoms with Crippen molar-refractivity contribution in [3.8, 4) is 0 Å². The first-order valence-electron chi connectivity index (χ1n) is 11.3. The lowest BCUT2D eigenvalue weighted by atomic mass is 9.98. The van der Waals surface area contributed by atoms with Crippen LogP contribution in [0.1, 0.15) is 30.0 Å². The number of benzene rings is 1. The highest BCUT2D eigenvalue weighted by molar-refractivity contribution is 7.09. The third-order valence-electron chi connectivity index (χ3n) is 6.04. The molecule has 0 bridgehead atoms. The van der Waals surface area contributed by atoms with E-state index in [0.29, 0.717) is 5.92 Å². The molecule has 0 aliphatic carbocycles. The van der Waals surface area contributed by atoms with Crippen LogP contribution in [0.2, 0.25) is 0 Å². The molecule has 1 aliphatic heterocycles. The second kappa shape index (κ2) is 10.8. The molecule has 4 rings (SSSR count). The van der Waals surface area contributed by atoms with Gasteiger partial charge in [0.15, 0.2) is 5.96 Å². The zero-order valence-electron chi connectivity index (χ0n) is 18.7. The molecule has 6 nitrogen and oxygen atoms in total. The first-order valence-corrected chi connectivity index (χ1v) is 12.2. The van der Waals surface area contributed by atoms with Gasteiger partial charge in [-0.25, -0.2) is 4.98 Å². The minimum Gasteiger partial charge on any atom is -0.356 e. The van der Waals surface area contributed by atoms with Gasteiger partial charge in [0, 0.05) is 44.6 Å². The van der Waals surface area contributed by atoms with Crippen molar-refractivity contribution in [2.75, 3.05) is 33.2 Å². The van der Waals surface area contributed by atoms with Crippen LogP contribution in [0.25, 0.3) is 11.0 Å². The zero-order valence-corrected chi connectivity index (χ0v) is 19.5. The van der Waals surface area contributed by atoms with Gasteiger partial charge < -0.3 is 15.2 Å².